The third kappa shape index (κ3) is 6.41. The summed E-state index contributed by atoms with van der Waals surface area (Å²) in [4.78, 5) is 14.4. The number of non-ortho nitro benzene ring substituents is 1. The molecule has 8 heteroatoms. The van der Waals surface area contributed by atoms with E-state index in [1.54, 1.807) is 0 Å². The molecule has 1 aliphatic carbocycles. The van der Waals surface area contributed by atoms with Gasteiger partial charge in [0.15, 0.2) is 5.96 Å². The van der Waals surface area contributed by atoms with Crippen LogP contribution >= 0.6 is 0 Å². The van der Waals surface area contributed by atoms with Gasteiger partial charge in [-0.05, 0) is 37.8 Å². The average molecular weight is 336 g/mol. The van der Waals surface area contributed by atoms with Gasteiger partial charge in [-0.1, -0.05) is 0 Å². The summed E-state index contributed by atoms with van der Waals surface area (Å²) in [5, 5.41) is 26.9. The SMILES string of the molecule is CCNC(=NCC(O)COc1ccc([N+](=O)[O-])cc1)NCC1CC1. The monoisotopic (exact) mass is 336 g/mol. The van der Waals surface area contributed by atoms with Crippen molar-refractivity contribution in [3.63, 3.8) is 0 Å². The zero-order valence-electron chi connectivity index (χ0n) is 13.8. The van der Waals surface area contributed by atoms with Crippen LogP contribution in [0.15, 0.2) is 29.3 Å². The molecule has 1 aromatic rings. The molecule has 8 nitrogen and oxygen atoms in total. The van der Waals surface area contributed by atoms with Crippen molar-refractivity contribution in [3.05, 3.63) is 34.4 Å². The first-order chi connectivity index (χ1) is 11.6. The van der Waals surface area contributed by atoms with E-state index in [0.29, 0.717) is 11.7 Å². The highest BCUT2D eigenvalue weighted by Gasteiger charge is 2.21. The van der Waals surface area contributed by atoms with Crippen LogP contribution in [-0.4, -0.2) is 48.3 Å². The Morgan fingerprint density at radius 3 is 2.71 bits per heavy atom. The Morgan fingerprint density at radius 2 is 2.12 bits per heavy atom. The molecule has 0 saturated heterocycles. The van der Waals surface area contributed by atoms with Crippen molar-refractivity contribution in [1.29, 1.82) is 0 Å². The van der Waals surface area contributed by atoms with Gasteiger partial charge in [-0.25, -0.2) is 0 Å². The molecule has 0 bridgehead atoms. The third-order valence-corrected chi connectivity index (χ3v) is 3.55. The summed E-state index contributed by atoms with van der Waals surface area (Å²) in [5.41, 5.74) is 0.00418. The standard InChI is InChI=1S/C16H24N4O4/c1-2-17-16(18-9-12-3-4-12)19-10-14(21)11-24-15-7-5-13(6-8-15)20(22)23/h5-8,12,14,21H,2-4,9-11H2,1H3,(H2,17,18,19). The van der Waals surface area contributed by atoms with E-state index in [1.165, 1.54) is 37.1 Å². The van der Waals surface area contributed by atoms with Crippen LogP contribution in [0.1, 0.15) is 19.8 Å². The summed E-state index contributed by atoms with van der Waals surface area (Å²) in [7, 11) is 0. The lowest BCUT2D eigenvalue weighted by atomic mass is 10.3. The smallest absolute Gasteiger partial charge is 0.269 e. The van der Waals surface area contributed by atoms with Crippen LogP contribution in [0.2, 0.25) is 0 Å². The van der Waals surface area contributed by atoms with Crippen LogP contribution in [0.4, 0.5) is 5.69 Å². The number of aliphatic hydroxyl groups excluding tert-OH is 1. The Labute approximate surface area is 141 Å². The lowest BCUT2D eigenvalue weighted by molar-refractivity contribution is -0.384. The molecular weight excluding hydrogens is 312 g/mol. The minimum atomic E-state index is -0.753. The van der Waals surface area contributed by atoms with Gasteiger partial charge in [0.05, 0.1) is 11.5 Å². The Morgan fingerprint density at radius 1 is 1.42 bits per heavy atom. The fourth-order valence-electron chi connectivity index (χ4n) is 2.01. The van der Waals surface area contributed by atoms with Crippen LogP contribution in [0.5, 0.6) is 5.75 Å². The molecular formula is C16H24N4O4. The van der Waals surface area contributed by atoms with E-state index in [4.69, 9.17) is 4.74 Å². The molecule has 1 aromatic carbocycles. The molecule has 0 amide bonds. The van der Waals surface area contributed by atoms with Gasteiger partial charge in [0.1, 0.15) is 18.5 Å². The molecule has 0 aliphatic heterocycles. The number of nitro groups is 1. The maximum absolute atomic E-state index is 10.6. The second-order valence-electron chi connectivity index (χ2n) is 5.76. The fourth-order valence-corrected chi connectivity index (χ4v) is 2.01. The van der Waals surface area contributed by atoms with Gasteiger partial charge in [-0.2, -0.15) is 0 Å². The first kappa shape index (κ1) is 18.0. The Kier molecular flexibility index (Phi) is 6.80. The average Bonchev–Trinajstić information content (AvgIpc) is 3.40. The molecule has 1 unspecified atom stereocenters. The van der Waals surface area contributed by atoms with Gasteiger partial charge in [0, 0.05) is 25.2 Å². The first-order valence-electron chi connectivity index (χ1n) is 8.16. The summed E-state index contributed by atoms with van der Waals surface area (Å²) in [6, 6.07) is 5.75. The van der Waals surface area contributed by atoms with Gasteiger partial charge in [-0.15, -0.1) is 0 Å². The van der Waals surface area contributed by atoms with Crippen molar-refractivity contribution in [2.75, 3.05) is 26.2 Å². The summed E-state index contributed by atoms with van der Waals surface area (Å²) in [6.45, 7) is 3.94. The van der Waals surface area contributed by atoms with Crippen LogP contribution < -0.4 is 15.4 Å². The fraction of sp³-hybridized carbons (Fsp3) is 0.562. The van der Waals surface area contributed by atoms with Crippen LogP contribution in [-0.2, 0) is 0 Å². The highest BCUT2D eigenvalue weighted by molar-refractivity contribution is 5.79. The molecule has 132 valence electrons. The van der Waals surface area contributed by atoms with E-state index < -0.39 is 11.0 Å². The Bertz CT molecular complexity index is 558. The number of guanidine groups is 1. The van der Waals surface area contributed by atoms with Gasteiger partial charge >= 0.3 is 0 Å². The van der Waals surface area contributed by atoms with Gasteiger partial charge in [-0.3, -0.25) is 15.1 Å². The minimum absolute atomic E-state index is 0.00418. The van der Waals surface area contributed by atoms with E-state index in [0.717, 1.165) is 19.0 Å². The molecule has 0 aromatic heterocycles. The number of ether oxygens (including phenoxy) is 1. The summed E-state index contributed by atoms with van der Waals surface area (Å²) in [6.07, 6.45) is 1.77. The topological polar surface area (TPSA) is 109 Å². The van der Waals surface area contributed by atoms with Crippen molar-refractivity contribution in [3.8, 4) is 5.75 Å². The van der Waals surface area contributed by atoms with Gasteiger partial charge in [0.25, 0.3) is 5.69 Å². The van der Waals surface area contributed by atoms with E-state index in [9.17, 15) is 15.2 Å². The molecule has 3 N–H and O–H groups in total. The lowest BCUT2D eigenvalue weighted by Crippen LogP contribution is -2.39. The van der Waals surface area contributed by atoms with Crippen molar-refractivity contribution >= 4 is 11.6 Å². The van der Waals surface area contributed by atoms with Crippen LogP contribution in [0.25, 0.3) is 0 Å². The number of aliphatic hydroxyl groups is 1. The predicted octanol–water partition coefficient (Wildman–Crippen LogP) is 1.30. The molecule has 0 spiro atoms. The molecule has 1 aliphatic rings. The van der Waals surface area contributed by atoms with E-state index in [2.05, 4.69) is 15.6 Å². The third-order valence-electron chi connectivity index (χ3n) is 3.55. The Balaban J connectivity index is 1.74. The molecule has 1 saturated carbocycles. The molecule has 1 atom stereocenters. The highest BCUT2D eigenvalue weighted by atomic mass is 16.6. The summed E-state index contributed by atoms with van der Waals surface area (Å²) < 4.78 is 5.42. The minimum Gasteiger partial charge on any atom is -0.491 e. The molecule has 0 radical (unpaired) electrons. The quantitative estimate of drug-likeness (QED) is 0.271. The molecule has 1 fully saturated rings. The van der Waals surface area contributed by atoms with Gasteiger partial charge in [0.2, 0.25) is 0 Å². The maximum Gasteiger partial charge on any atom is 0.269 e. The van der Waals surface area contributed by atoms with Crippen molar-refractivity contribution < 1.29 is 14.8 Å². The van der Waals surface area contributed by atoms with Crippen LogP contribution in [0, 0.1) is 16.0 Å². The van der Waals surface area contributed by atoms with Crippen LogP contribution in [0.3, 0.4) is 0 Å². The maximum atomic E-state index is 10.6. The lowest BCUT2D eigenvalue weighted by Gasteiger charge is -2.13. The zero-order valence-corrected chi connectivity index (χ0v) is 13.8. The second kappa shape index (κ2) is 9.07. The van der Waals surface area contributed by atoms with Gasteiger partial charge < -0.3 is 20.5 Å². The summed E-state index contributed by atoms with van der Waals surface area (Å²) >= 11 is 0. The van der Waals surface area contributed by atoms with E-state index in [1.807, 2.05) is 6.92 Å². The number of nitrogens with zero attached hydrogens (tertiary/aromatic N) is 2. The number of nitro benzene ring substituents is 1. The number of nitrogens with one attached hydrogen (secondary N) is 2. The number of hydrogen-bond donors (Lipinski definition) is 3. The number of rotatable bonds is 9. The van der Waals surface area contributed by atoms with Crippen molar-refractivity contribution in [2.45, 2.75) is 25.9 Å². The second-order valence-corrected chi connectivity index (χ2v) is 5.76. The van der Waals surface area contributed by atoms with E-state index >= 15 is 0 Å². The van der Waals surface area contributed by atoms with Crippen molar-refractivity contribution in [1.82, 2.24) is 10.6 Å². The zero-order chi connectivity index (χ0) is 17.4. The highest BCUT2D eigenvalue weighted by Crippen LogP contribution is 2.27. The number of benzene rings is 1. The molecule has 24 heavy (non-hydrogen) atoms. The first-order valence-corrected chi connectivity index (χ1v) is 8.16. The normalized spacial score (nSPS) is 15.7. The van der Waals surface area contributed by atoms with E-state index in [-0.39, 0.29) is 18.8 Å². The largest absolute Gasteiger partial charge is 0.491 e. The summed E-state index contributed by atoms with van der Waals surface area (Å²) in [5.74, 6) is 1.91. The number of hydrogen-bond acceptors (Lipinski definition) is 5. The predicted molar refractivity (Wildman–Crippen MR) is 91.3 cm³/mol. The molecule has 2 rings (SSSR count). The molecule has 0 heterocycles. The Hall–Kier alpha value is -2.35. The van der Waals surface area contributed by atoms with Crippen molar-refractivity contribution in [2.24, 2.45) is 10.9 Å². The number of aliphatic imine (C=N–C) groups is 1.